The van der Waals surface area contributed by atoms with E-state index in [0.717, 1.165) is 0 Å². The number of amides is 1. The largest absolute Gasteiger partial charge is 0.498 e. The first-order valence-corrected chi connectivity index (χ1v) is 12.1. The minimum Gasteiger partial charge on any atom is -0.444 e. The van der Waals surface area contributed by atoms with Crippen LogP contribution in [0.2, 0.25) is 0 Å². The van der Waals surface area contributed by atoms with Crippen LogP contribution in [0.3, 0.4) is 0 Å². The van der Waals surface area contributed by atoms with Crippen LogP contribution in [0.15, 0.2) is 17.6 Å². The fraction of sp³-hybridized carbons (Fsp3) is 0.750. The van der Waals surface area contributed by atoms with Crippen molar-refractivity contribution in [3.05, 3.63) is 12.4 Å². The predicted octanol–water partition coefficient (Wildman–Crippen LogP) is 1.95. The summed E-state index contributed by atoms with van der Waals surface area (Å²) in [6, 6.07) is 0. The first kappa shape index (κ1) is 23.9. The van der Waals surface area contributed by atoms with Crippen molar-refractivity contribution in [1.29, 1.82) is 0 Å². The zero-order chi connectivity index (χ0) is 23.2. The molecule has 0 aliphatic carbocycles. The molecular weight excluding hydrogens is 421 g/mol. The minimum absolute atomic E-state index is 0.0551. The van der Waals surface area contributed by atoms with Crippen molar-refractivity contribution in [2.75, 3.05) is 13.1 Å². The molecule has 172 valence electrons. The molecule has 31 heavy (non-hydrogen) atoms. The van der Waals surface area contributed by atoms with Crippen molar-refractivity contribution in [2.45, 2.75) is 88.5 Å². The summed E-state index contributed by atoms with van der Waals surface area (Å²) in [7, 11) is -4.48. The SMILES string of the molecule is CC(C)(C)OC(=O)N1CCC[C@H](S(=O)(=O)c2ncc(B3OC(C)(C)C(C)(C)O3)cn2)C1. The van der Waals surface area contributed by atoms with E-state index in [0.29, 0.717) is 24.8 Å². The van der Waals surface area contributed by atoms with E-state index in [-0.39, 0.29) is 11.7 Å². The van der Waals surface area contributed by atoms with E-state index < -0.39 is 45.1 Å². The first-order valence-electron chi connectivity index (χ1n) is 10.5. The van der Waals surface area contributed by atoms with E-state index in [1.54, 1.807) is 20.8 Å². The summed E-state index contributed by atoms with van der Waals surface area (Å²) in [5.41, 5.74) is -1.13. The number of ether oxygens (including phenoxy) is 1. The van der Waals surface area contributed by atoms with Gasteiger partial charge in [-0.25, -0.2) is 23.2 Å². The Morgan fingerprint density at radius 1 is 1.16 bits per heavy atom. The molecule has 9 nitrogen and oxygen atoms in total. The monoisotopic (exact) mass is 453 g/mol. The fourth-order valence-electron chi connectivity index (χ4n) is 3.41. The number of likely N-dealkylation sites (tertiary alicyclic amines) is 1. The number of nitrogens with zero attached hydrogens (tertiary/aromatic N) is 3. The summed E-state index contributed by atoms with van der Waals surface area (Å²) in [6.45, 7) is 13.6. The van der Waals surface area contributed by atoms with Gasteiger partial charge in [0, 0.05) is 30.9 Å². The third-order valence-corrected chi connectivity index (χ3v) is 7.88. The Bertz CT molecular complexity index is 911. The van der Waals surface area contributed by atoms with Crippen molar-refractivity contribution >= 4 is 28.5 Å². The van der Waals surface area contributed by atoms with Crippen LogP contribution in [0.5, 0.6) is 0 Å². The van der Waals surface area contributed by atoms with Gasteiger partial charge in [0.15, 0.2) is 0 Å². The molecule has 3 rings (SSSR count). The number of hydrogen-bond acceptors (Lipinski definition) is 8. The molecule has 2 aliphatic rings. The lowest BCUT2D eigenvalue weighted by Crippen LogP contribution is -2.47. The highest BCUT2D eigenvalue weighted by Crippen LogP contribution is 2.36. The van der Waals surface area contributed by atoms with Gasteiger partial charge in [-0.05, 0) is 61.3 Å². The number of carbonyl (C=O) groups excluding carboxylic acids is 1. The molecule has 2 aliphatic heterocycles. The van der Waals surface area contributed by atoms with Crippen molar-refractivity contribution in [1.82, 2.24) is 14.9 Å². The van der Waals surface area contributed by atoms with Crippen LogP contribution in [0.4, 0.5) is 4.79 Å². The van der Waals surface area contributed by atoms with E-state index in [1.165, 1.54) is 17.3 Å². The van der Waals surface area contributed by atoms with Crippen molar-refractivity contribution < 1.29 is 27.3 Å². The second-order valence-electron chi connectivity index (χ2n) is 10.1. The molecular formula is C20H32BN3O6S. The third kappa shape index (κ3) is 5.04. The molecule has 0 bridgehead atoms. The second-order valence-corrected chi connectivity index (χ2v) is 12.2. The number of aromatic nitrogens is 2. The highest BCUT2D eigenvalue weighted by atomic mass is 32.2. The average Bonchev–Trinajstić information content (AvgIpc) is 2.88. The van der Waals surface area contributed by atoms with Gasteiger partial charge in [0.05, 0.1) is 16.5 Å². The molecule has 3 heterocycles. The Morgan fingerprint density at radius 2 is 1.71 bits per heavy atom. The summed E-state index contributed by atoms with van der Waals surface area (Å²) in [5, 5.41) is -1.04. The Morgan fingerprint density at radius 3 is 2.23 bits per heavy atom. The minimum atomic E-state index is -3.81. The van der Waals surface area contributed by atoms with Crippen molar-refractivity contribution in [3.63, 3.8) is 0 Å². The van der Waals surface area contributed by atoms with Crippen LogP contribution in [-0.4, -0.2) is 71.6 Å². The lowest BCUT2D eigenvalue weighted by Gasteiger charge is -2.33. The summed E-state index contributed by atoms with van der Waals surface area (Å²) in [6.07, 6.45) is 3.34. The molecule has 1 aromatic heterocycles. The maximum Gasteiger partial charge on any atom is 0.498 e. The van der Waals surface area contributed by atoms with E-state index in [4.69, 9.17) is 14.0 Å². The average molecular weight is 453 g/mol. The van der Waals surface area contributed by atoms with Crippen molar-refractivity contribution in [3.8, 4) is 0 Å². The van der Waals surface area contributed by atoms with E-state index in [1.807, 2.05) is 27.7 Å². The molecule has 1 amide bonds. The van der Waals surface area contributed by atoms with Gasteiger partial charge in [0.1, 0.15) is 5.60 Å². The Labute approximate surface area is 184 Å². The molecule has 11 heteroatoms. The quantitative estimate of drug-likeness (QED) is 0.505. The standard InChI is InChI=1S/C20H32BN3O6S/c1-18(2,3)28-17(25)24-10-8-9-15(13-24)31(26,27)16-22-11-14(12-23-16)21-29-19(4,5)20(6,7)30-21/h11-12,15H,8-10,13H2,1-7H3/t15-/m0/s1. The molecule has 0 spiro atoms. The number of carbonyl (C=O) groups is 1. The Balaban J connectivity index is 1.73. The highest BCUT2D eigenvalue weighted by Gasteiger charge is 2.52. The Hall–Kier alpha value is -1.72. The van der Waals surface area contributed by atoms with Crippen molar-refractivity contribution in [2.24, 2.45) is 0 Å². The summed E-state index contributed by atoms with van der Waals surface area (Å²) < 4.78 is 43.5. The van der Waals surface area contributed by atoms with E-state index >= 15 is 0 Å². The number of rotatable bonds is 3. The number of hydrogen-bond donors (Lipinski definition) is 0. The summed E-state index contributed by atoms with van der Waals surface area (Å²) >= 11 is 0. The smallest absolute Gasteiger partial charge is 0.444 e. The highest BCUT2D eigenvalue weighted by molar-refractivity contribution is 7.91. The molecule has 2 saturated heterocycles. The van der Waals surface area contributed by atoms with Gasteiger partial charge in [-0.1, -0.05) is 0 Å². The van der Waals surface area contributed by atoms with Gasteiger partial charge in [-0.15, -0.1) is 0 Å². The Kier molecular flexibility index (Phi) is 6.18. The zero-order valence-electron chi connectivity index (χ0n) is 19.3. The van der Waals surface area contributed by atoms with E-state index in [9.17, 15) is 13.2 Å². The maximum atomic E-state index is 13.1. The first-order chi connectivity index (χ1) is 14.1. The topological polar surface area (TPSA) is 108 Å². The van der Waals surface area contributed by atoms with Crippen LogP contribution in [0, 0.1) is 0 Å². The van der Waals surface area contributed by atoms with Crippen LogP contribution in [0.1, 0.15) is 61.3 Å². The lowest BCUT2D eigenvalue weighted by atomic mass is 9.81. The van der Waals surface area contributed by atoms with Gasteiger partial charge >= 0.3 is 13.2 Å². The third-order valence-electron chi connectivity index (χ3n) is 5.90. The molecule has 0 saturated carbocycles. The van der Waals surface area contributed by atoms with Crippen LogP contribution < -0.4 is 5.46 Å². The summed E-state index contributed by atoms with van der Waals surface area (Å²) in [4.78, 5) is 22.0. The molecule has 0 N–H and O–H groups in total. The van der Waals surface area contributed by atoms with Gasteiger partial charge in [0.2, 0.25) is 15.0 Å². The number of sulfone groups is 1. The fourth-order valence-corrected chi connectivity index (χ4v) is 4.96. The van der Waals surface area contributed by atoms with Crippen LogP contribution in [0.25, 0.3) is 0 Å². The lowest BCUT2D eigenvalue weighted by molar-refractivity contribution is 0.00578. The molecule has 1 aromatic rings. The van der Waals surface area contributed by atoms with Gasteiger partial charge in [-0.2, -0.15) is 0 Å². The normalized spacial score (nSPS) is 23.6. The van der Waals surface area contributed by atoms with E-state index in [2.05, 4.69) is 9.97 Å². The predicted molar refractivity (Wildman–Crippen MR) is 116 cm³/mol. The maximum absolute atomic E-state index is 13.1. The molecule has 1 atom stereocenters. The molecule has 0 unspecified atom stereocenters. The van der Waals surface area contributed by atoms with Gasteiger partial charge in [0.25, 0.3) is 0 Å². The van der Waals surface area contributed by atoms with Crippen LogP contribution >= 0.6 is 0 Å². The molecule has 0 aromatic carbocycles. The second kappa shape index (κ2) is 8.01. The van der Waals surface area contributed by atoms with Gasteiger partial charge < -0.3 is 18.9 Å². The van der Waals surface area contributed by atoms with Gasteiger partial charge in [-0.3, -0.25) is 0 Å². The molecule has 0 radical (unpaired) electrons. The zero-order valence-corrected chi connectivity index (χ0v) is 20.2. The number of piperidine rings is 1. The summed E-state index contributed by atoms with van der Waals surface area (Å²) in [5.74, 6) is 0. The molecule has 2 fully saturated rings. The van der Waals surface area contributed by atoms with Crippen LogP contribution in [-0.2, 0) is 23.9 Å².